The summed E-state index contributed by atoms with van der Waals surface area (Å²) in [4.78, 5) is 37.2. The van der Waals surface area contributed by atoms with E-state index in [1.165, 1.54) is 11.2 Å². The van der Waals surface area contributed by atoms with Gasteiger partial charge in [0.15, 0.2) is 0 Å². The summed E-state index contributed by atoms with van der Waals surface area (Å²) in [5.74, 6) is 0.335. The Morgan fingerprint density at radius 1 is 1.22 bits per heavy atom. The average Bonchev–Trinajstić information content (AvgIpc) is 3.38. The molecule has 4 aromatic rings. The molecular formula is C21H22N8O3. The van der Waals surface area contributed by atoms with E-state index in [1.54, 1.807) is 23.2 Å². The number of pyridine rings is 1. The van der Waals surface area contributed by atoms with E-state index in [0.717, 1.165) is 11.3 Å². The summed E-state index contributed by atoms with van der Waals surface area (Å²) in [5.41, 5.74) is 3.22. The lowest BCUT2D eigenvalue weighted by Gasteiger charge is -2.29. The Balaban J connectivity index is 1.38. The summed E-state index contributed by atoms with van der Waals surface area (Å²) in [7, 11) is 0. The normalized spacial score (nSPS) is 14.6. The highest BCUT2D eigenvalue weighted by atomic mass is 16.7. The van der Waals surface area contributed by atoms with Crippen LogP contribution in [0.25, 0.3) is 27.8 Å². The quantitative estimate of drug-likeness (QED) is 0.522. The van der Waals surface area contributed by atoms with Crippen molar-refractivity contribution in [2.24, 2.45) is 0 Å². The van der Waals surface area contributed by atoms with Crippen molar-refractivity contribution in [3.8, 4) is 5.88 Å². The summed E-state index contributed by atoms with van der Waals surface area (Å²) >= 11 is 0. The summed E-state index contributed by atoms with van der Waals surface area (Å²) in [6.45, 7) is 6.63. The molecule has 1 aliphatic heterocycles. The first-order chi connectivity index (χ1) is 15.4. The van der Waals surface area contributed by atoms with Crippen molar-refractivity contribution >= 4 is 33.9 Å². The standard InChI is InChI=1S/C21H22N8O3/c1-21(2,3)31-20(30)28-9-6-13(7-10-28)16-11-14-17(25-16)23-12-24-19(14)32-29-18-15(26-27-29)5-4-8-22-18/h4-6,8,11-12H,7,9-10H2,1-3H3,(H,23,24,25). The highest BCUT2D eigenvalue weighted by Crippen LogP contribution is 2.29. The molecule has 1 N–H and O–H groups in total. The molecule has 5 rings (SSSR count). The Hall–Kier alpha value is -4.02. The Morgan fingerprint density at radius 2 is 2.09 bits per heavy atom. The highest BCUT2D eigenvalue weighted by molar-refractivity contribution is 5.86. The number of nitrogens with zero attached hydrogens (tertiary/aromatic N) is 7. The SMILES string of the molecule is CC(C)(C)OC(=O)N1CC=C(c2cc3c(On4nnc5cccnc54)ncnc3[nH]2)CC1. The van der Waals surface area contributed by atoms with Gasteiger partial charge in [0.25, 0.3) is 5.88 Å². The first kappa shape index (κ1) is 19.9. The predicted molar refractivity (Wildman–Crippen MR) is 116 cm³/mol. The van der Waals surface area contributed by atoms with Crippen LogP contribution < -0.4 is 4.84 Å². The minimum atomic E-state index is -0.516. The van der Waals surface area contributed by atoms with Crippen molar-refractivity contribution in [1.82, 2.24) is 40.0 Å². The van der Waals surface area contributed by atoms with Gasteiger partial charge < -0.3 is 19.5 Å². The number of fused-ring (bicyclic) bond motifs is 2. The topological polar surface area (TPSA) is 124 Å². The van der Waals surface area contributed by atoms with Crippen molar-refractivity contribution in [2.45, 2.75) is 32.8 Å². The zero-order valence-corrected chi connectivity index (χ0v) is 17.9. The lowest BCUT2D eigenvalue weighted by Crippen LogP contribution is -2.39. The second kappa shape index (κ2) is 7.59. The molecule has 11 heteroatoms. The van der Waals surface area contributed by atoms with E-state index in [-0.39, 0.29) is 6.09 Å². The summed E-state index contributed by atoms with van der Waals surface area (Å²) in [6, 6.07) is 5.52. The van der Waals surface area contributed by atoms with Gasteiger partial charge in [-0.1, -0.05) is 10.9 Å². The molecule has 0 aromatic carbocycles. The number of H-pyrrole nitrogens is 1. The van der Waals surface area contributed by atoms with E-state index in [4.69, 9.17) is 9.57 Å². The third-order valence-corrected chi connectivity index (χ3v) is 4.95. The molecule has 0 saturated heterocycles. The van der Waals surface area contributed by atoms with Crippen LogP contribution in [0.5, 0.6) is 5.88 Å². The molecule has 0 fully saturated rings. The molecule has 11 nitrogen and oxygen atoms in total. The summed E-state index contributed by atoms with van der Waals surface area (Å²) in [6.07, 6.45) is 5.46. The van der Waals surface area contributed by atoms with Crippen molar-refractivity contribution in [2.75, 3.05) is 13.1 Å². The second-order valence-electron chi connectivity index (χ2n) is 8.43. The minimum absolute atomic E-state index is 0.306. The maximum atomic E-state index is 12.3. The van der Waals surface area contributed by atoms with Crippen LogP contribution in [0.15, 0.2) is 36.8 Å². The molecule has 0 aliphatic carbocycles. The number of carbonyl (C=O) groups excluding carboxylic acids is 1. The first-order valence-electron chi connectivity index (χ1n) is 10.2. The van der Waals surface area contributed by atoms with Gasteiger partial charge in [-0.3, -0.25) is 0 Å². The van der Waals surface area contributed by atoms with Gasteiger partial charge in [0.2, 0.25) is 5.65 Å². The summed E-state index contributed by atoms with van der Waals surface area (Å²) in [5, 5.41) is 8.74. The van der Waals surface area contributed by atoms with Crippen LogP contribution in [0.3, 0.4) is 0 Å². The van der Waals surface area contributed by atoms with Gasteiger partial charge in [0, 0.05) is 25.0 Å². The third-order valence-electron chi connectivity index (χ3n) is 4.95. The maximum Gasteiger partial charge on any atom is 0.410 e. The fourth-order valence-corrected chi connectivity index (χ4v) is 3.46. The molecule has 0 unspecified atom stereocenters. The molecule has 164 valence electrons. The number of hydrogen-bond donors (Lipinski definition) is 1. The molecule has 1 aliphatic rings. The van der Waals surface area contributed by atoms with Crippen LogP contribution in [-0.4, -0.2) is 64.8 Å². The van der Waals surface area contributed by atoms with Crippen LogP contribution in [0.2, 0.25) is 0 Å². The molecule has 0 saturated carbocycles. The zero-order valence-electron chi connectivity index (χ0n) is 17.9. The average molecular weight is 434 g/mol. The molecule has 5 heterocycles. The second-order valence-corrected chi connectivity index (χ2v) is 8.43. The molecule has 0 radical (unpaired) electrons. The summed E-state index contributed by atoms with van der Waals surface area (Å²) < 4.78 is 5.46. The molecule has 1 amide bonds. The van der Waals surface area contributed by atoms with Crippen LogP contribution in [0.1, 0.15) is 32.9 Å². The molecule has 0 spiro atoms. The number of carbonyl (C=O) groups is 1. The molecule has 0 bridgehead atoms. The zero-order chi connectivity index (χ0) is 22.3. The van der Waals surface area contributed by atoms with E-state index in [9.17, 15) is 4.79 Å². The molecular weight excluding hydrogens is 412 g/mol. The fourth-order valence-electron chi connectivity index (χ4n) is 3.46. The lowest BCUT2D eigenvalue weighted by atomic mass is 10.1. The first-order valence-corrected chi connectivity index (χ1v) is 10.2. The van der Waals surface area contributed by atoms with Crippen LogP contribution in [0.4, 0.5) is 4.79 Å². The number of aromatic nitrogens is 7. The van der Waals surface area contributed by atoms with E-state index < -0.39 is 5.60 Å². The molecule has 0 atom stereocenters. The fraction of sp³-hybridized carbons (Fsp3) is 0.333. The van der Waals surface area contributed by atoms with Crippen molar-refractivity contribution in [1.29, 1.82) is 0 Å². The minimum Gasteiger partial charge on any atom is -0.444 e. The largest absolute Gasteiger partial charge is 0.444 e. The van der Waals surface area contributed by atoms with Crippen molar-refractivity contribution in [3.63, 3.8) is 0 Å². The molecule has 32 heavy (non-hydrogen) atoms. The van der Waals surface area contributed by atoms with Gasteiger partial charge in [0.05, 0.1) is 5.39 Å². The van der Waals surface area contributed by atoms with Gasteiger partial charge in [0.1, 0.15) is 23.1 Å². The predicted octanol–water partition coefficient (Wildman–Crippen LogP) is 2.96. The highest BCUT2D eigenvalue weighted by Gasteiger charge is 2.24. The molecule has 4 aromatic heterocycles. The van der Waals surface area contributed by atoms with E-state index in [2.05, 4.69) is 30.2 Å². The number of ether oxygens (including phenoxy) is 1. The van der Waals surface area contributed by atoms with Gasteiger partial charge in [-0.15, -0.1) is 5.10 Å². The number of aromatic amines is 1. The Kier molecular flexibility index (Phi) is 4.72. The maximum absolute atomic E-state index is 12.3. The number of rotatable bonds is 3. The Bertz CT molecular complexity index is 1330. The van der Waals surface area contributed by atoms with Crippen LogP contribution >= 0.6 is 0 Å². The van der Waals surface area contributed by atoms with Gasteiger partial charge in [-0.05, 0) is 56.2 Å². The lowest BCUT2D eigenvalue weighted by molar-refractivity contribution is 0.0270. The van der Waals surface area contributed by atoms with Gasteiger partial charge in [-0.25, -0.2) is 14.8 Å². The van der Waals surface area contributed by atoms with Crippen LogP contribution in [0, 0.1) is 0 Å². The number of nitrogens with one attached hydrogen (secondary N) is 1. The van der Waals surface area contributed by atoms with E-state index in [1.807, 2.05) is 32.9 Å². The number of amides is 1. The Morgan fingerprint density at radius 3 is 2.88 bits per heavy atom. The smallest absolute Gasteiger partial charge is 0.410 e. The van der Waals surface area contributed by atoms with E-state index in [0.29, 0.717) is 47.6 Å². The number of hydrogen-bond acceptors (Lipinski definition) is 8. The van der Waals surface area contributed by atoms with Crippen LogP contribution in [-0.2, 0) is 4.74 Å². The monoisotopic (exact) mass is 434 g/mol. The van der Waals surface area contributed by atoms with Crippen molar-refractivity contribution < 1.29 is 14.4 Å². The van der Waals surface area contributed by atoms with Gasteiger partial charge >= 0.3 is 6.09 Å². The Labute approximate surface area is 183 Å². The van der Waals surface area contributed by atoms with Crippen molar-refractivity contribution in [3.05, 3.63) is 42.5 Å². The van der Waals surface area contributed by atoms with E-state index >= 15 is 0 Å². The van der Waals surface area contributed by atoms with Gasteiger partial charge in [-0.2, -0.15) is 4.98 Å². The third kappa shape index (κ3) is 3.84.